The third-order valence-electron chi connectivity index (χ3n) is 8.28. The fraction of sp³-hybridized carbons (Fsp3) is 0. The second kappa shape index (κ2) is 10.2. The number of rotatable bonds is 5. The molecule has 0 unspecified atom stereocenters. The molecule has 204 valence electrons. The average molecular weight is 552 g/mol. The van der Waals surface area contributed by atoms with Gasteiger partial charge in [0.25, 0.3) is 0 Å². The summed E-state index contributed by atoms with van der Waals surface area (Å²) < 4.78 is 2.37. The highest BCUT2D eigenvalue weighted by atomic mass is 15.0. The fourth-order valence-electron chi connectivity index (χ4n) is 6.21. The lowest BCUT2D eigenvalue weighted by Gasteiger charge is -2.14. The van der Waals surface area contributed by atoms with Crippen LogP contribution in [0.1, 0.15) is 0 Å². The van der Waals surface area contributed by atoms with E-state index in [4.69, 9.17) is 5.73 Å². The van der Waals surface area contributed by atoms with Gasteiger partial charge >= 0.3 is 0 Å². The van der Waals surface area contributed by atoms with E-state index in [1.165, 1.54) is 32.6 Å². The molecule has 3 nitrogen and oxygen atoms in total. The minimum atomic E-state index is 0.750. The molecule has 0 saturated carbocycles. The zero-order valence-corrected chi connectivity index (χ0v) is 23.5. The van der Waals surface area contributed by atoms with E-state index in [0.29, 0.717) is 0 Å². The van der Waals surface area contributed by atoms with Gasteiger partial charge in [-0.2, -0.15) is 0 Å². The van der Waals surface area contributed by atoms with Crippen molar-refractivity contribution in [3.63, 3.8) is 0 Å². The molecular weight excluding hydrogens is 522 g/mol. The van der Waals surface area contributed by atoms with Crippen molar-refractivity contribution in [1.82, 2.24) is 4.57 Å². The number of benzene rings is 7. The number of nitrogens with two attached hydrogens (primary N) is 1. The normalized spacial score (nSPS) is 11.3. The number of aromatic nitrogens is 1. The minimum Gasteiger partial charge on any atom is -0.399 e. The Balaban J connectivity index is 1.25. The Morgan fingerprint density at radius 3 is 2.00 bits per heavy atom. The van der Waals surface area contributed by atoms with Crippen LogP contribution in [-0.2, 0) is 0 Å². The van der Waals surface area contributed by atoms with E-state index in [2.05, 4.69) is 143 Å². The van der Waals surface area contributed by atoms with Gasteiger partial charge in [-0.3, -0.25) is 0 Å². The molecule has 0 saturated heterocycles. The lowest BCUT2D eigenvalue weighted by Crippen LogP contribution is -1.94. The minimum absolute atomic E-state index is 0.750. The quantitative estimate of drug-likeness (QED) is 0.209. The molecule has 7 aromatic carbocycles. The van der Waals surface area contributed by atoms with Gasteiger partial charge in [-0.25, -0.2) is 0 Å². The summed E-state index contributed by atoms with van der Waals surface area (Å²) in [6.45, 7) is 0. The highest BCUT2D eigenvalue weighted by Crippen LogP contribution is 2.39. The van der Waals surface area contributed by atoms with E-state index in [0.717, 1.165) is 45.0 Å². The maximum Gasteiger partial charge on any atom is 0.0541 e. The summed E-state index contributed by atoms with van der Waals surface area (Å²) in [4.78, 5) is 0. The summed E-state index contributed by atoms with van der Waals surface area (Å²) >= 11 is 0. The van der Waals surface area contributed by atoms with Gasteiger partial charge in [0.2, 0.25) is 0 Å². The van der Waals surface area contributed by atoms with Crippen LogP contribution >= 0.6 is 0 Å². The van der Waals surface area contributed by atoms with Crippen molar-refractivity contribution in [2.75, 3.05) is 11.1 Å². The molecule has 1 heterocycles. The zero-order chi connectivity index (χ0) is 28.8. The molecule has 3 heteroatoms. The number of anilines is 3. The van der Waals surface area contributed by atoms with Gasteiger partial charge in [0.15, 0.2) is 0 Å². The molecule has 0 fully saturated rings. The first-order valence-corrected chi connectivity index (χ1v) is 14.6. The van der Waals surface area contributed by atoms with Crippen LogP contribution in [-0.4, -0.2) is 4.57 Å². The van der Waals surface area contributed by atoms with E-state index >= 15 is 0 Å². The smallest absolute Gasteiger partial charge is 0.0541 e. The Morgan fingerprint density at radius 1 is 0.442 bits per heavy atom. The summed E-state index contributed by atoms with van der Waals surface area (Å²) in [7, 11) is 0. The Bertz CT molecular complexity index is 2260. The molecule has 1 aromatic heterocycles. The number of hydrogen-bond acceptors (Lipinski definition) is 2. The van der Waals surface area contributed by atoms with Crippen molar-refractivity contribution < 1.29 is 0 Å². The van der Waals surface area contributed by atoms with E-state index < -0.39 is 0 Å². The number of nitrogen functional groups attached to an aromatic ring is 1. The van der Waals surface area contributed by atoms with E-state index in [1.807, 2.05) is 24.3 Å². The number of nitrogens with zero attached hydrogens (tertiary/aromatic N) is 1. The predicted molar refractivity (Wildman–Crippen MR) is 183 cm³/mol. The van der Waals surface area contributed by atoms with Crippen LogP contribution in [0.15, 0.2) is 158 Å². The number of nitrogens with one attached hydrogen (secondary N) is 1. The first-order chi connectivity index (χ1) is 21.2. The second-order valence-electron chi connectivity index (χ2n) is 11.0. The van der Waals surface area contributed by atoms with Gasteiger partial charge < -0.3 is 15.6 Å². The molecule has 8 aromatic rings. The summed E-state index contributed by atoms with van der Waals surface area (Å²) in [6.07, 6.45) is 0. The largest absolute Gasteiger partial charge is 0.399 e. The van der Waals surface area contributed by atoms with Crippen molar-refractivity contribution in [3.05, 3.63) is 158 Å². The molecule has 0 spiro atoms. The molecule has 0 aliphatic rings. The van der Waals surface area contributed by atoms with Crippen LogP contribution < -0.4 is 11.1 Å². The van der Waals surface area contributed by atoms with Crippen LogP contribution in [0.5, 0.6) is 0 Å². The van der Waals surface area contributed by atoms with Crippen LogP contribution in [0.2, 0.25) is 0 Å². The summed E-state index contributed by atoms with van der Waals surface area (Å²) in [5, 5.41) is 8.40. The molecule has 0 atom stereocenters. The van der Waals surface area contributed by atoms with Crippen LogP contribution in [0.4, 0.5) is 17.1 Å². The van der Waals surface area contributed by atoms with Crippen LogP contribution in [0.25, 0.3) is 60.5 Å². The van der Waals surface area contributed by atoms with Crippen LogP contribution in [0, 0.1) is 0 Å². The first kappa shape index (κ1) is 25.0. The molecule has 8 rings (SSSR count). The maximum absolute atomic E-state index is 6.37. The Hall–Kier alpha value is -5.80. The van der Waals surface area contributed by atoms with Crippen molar-refractivity contribution in [1.29, 1.82) is 0 Å². The molecule has 0 amide bonds. The predicted octanol–water partition coefficient (Wildman–Crippen LogP) is 10.6. The second-order valence-corrected chi connectivity index (χ2v) is 11.0. The van der Waals surface area contributed by atoms with Crippen molar-refractivity contribution in [2.24, 2.45) is 0 Å². The third-order valence-corrected chi connectivity index (χ3v) is 8.28. The van der Waals surface area contributed by atoms with E-state index in [-0.39, 0.29) is 0 Å². The van der Waals surface area contributed by atoms with Gasteiger partial charge in [-0.05, 0) is 99.8 Å². The maximum atomic E-state index is 6.37. The van der Waals surface area contributed by atoms with Gasteiger partial charge in [0, 0.05) is 33.5 Å². The highest BCUT2D eigenvalue weighted by Gasteiger charge is 2.15. The van der Waals surface area contributed by atoms with Crippen molar-refractivity contribution in [3.8, 4) is 27.9 Å². The number of hydrogen-bond donors (Lipinski definition) is 2. The van der Waals surface area contributed by atoms with E-state index in [1.54, 1.807) is 0 Å². The van der Waals surface area contributed by atoms with Gasteiger partial charge in [-0.15, -0.1) is 0 Å². The Labute approximate surface area is 250 Å². The lowest BCUT2D eigenvalue weighted by molar-refractivity contribution is 1.19. The third kappa shape index (κ3) is 4.48. The summed E-state index contributed by atoms with van der Waals surface area (Å²) in [5.74, 6) is 0. The Morgan fingerprint density at radius 2 is 1.14 bits per heavy atom. The van der Waals surface area contributed by atoms with Crippen molar-refractivity contribution >= 4 is 49.6 Å². The summed E-state index contributed by atoms with van der Waals surface area (Å²) in [5.41, 5.74) is 17.3. The monoisotopic (exact) mass is 551 g/mol. The molecule has 3 N–H and O–H groups in total. The summed E-state index contributed by atoms with van der Waals surface area (Å²) in [6, 6.07) is 55.7. The standard InChI is InChI=1S/C40H29N3/c41-31-18-22-35(28-14-19-33(20-15-28)42-32-10-2-1-3-11-32)37(26-31)30-17-23-40-38(25-30)36-12-6-7-13-39(36)43(40)34-21-16-27-8-4-5-9-29(27)24-34/h1-26,42H,41H2. The molecule has 0 aliphatic heterocycles. The first-order valence-electron chi connectivity index (χ1n) is 14.6. The SMILES string of the molecule is Nc1ccc(-c2ccc(Nc3ccccc3)cc2)c(-c2ccc3c(c2)c2ccccc2n3-c2ccc3ccccc3c2)c1. The van der Waals surface area contributed by atoms with Gasteiger partial charge in [-0.1, -0.05) is 91.0 Å². The highest BCUT2D eigenvalue weighted by molar-refractivity contribution is 6.11. The molecule has 0 aliphatic carbocycles. The molecule has 0 radical (unpaired) electrons. The fourth-order valence-corrected chi connectivity index (χ4v) is 6.21. The van der Waals surface area contributed by atoms with E-state index in [9.17, 15) is 0 Å². The van der Waals surface area contributed by atoms with Gasteiger partial charge in [0.1, 0.15) is 0 Å². The average Bonchev–Trinajstić information content (AvgIpc) is 3.39. The van der Waals surface area contributed by atoms with Gasteiger partial charge in [0.05, 0.1) is 11.0 Å². The molecule has 43 heavy (non-hydrogen) atoms. The number of fused-ring (bicyclic) bond motifs is 4. The topological polar surface area (TPSA) is 43.0 Å². The van der Waals surface area contributed by atoms with Crippen LogP contribution in [0.3, 0.4) is 0 Å². The molecule has 0 bridgehead atoms. The van der Waals surface area contributed by atoms with Crippen molar-refractivity contribution in [2.45, 2.75) is 0 Å². The zero-order valence-electron chi connectivity index (χ0n) is 23.5. The number of para-hydroxylation sites is 2. The Kier molecular flexibility index (Phi) is 5.94. The lowest BCUT2D eigenvalue weighted by atomic mass is 9.93. The molecular formula is C40H29N3.